The SMILES string of the molecule is CN1CCCC(NCCc2ccc([N+](=O)[O-])cc2)CC1. The van der Waals surface area contributed by atoms with Crippen molar-refractivity contribution < 1.29 is 4.92 Å². The minimum atomic E-state index is -0.357. The van der Waals surface area contributed by atoms with Crippen molar-refractivity contribution in [3.63, 3.8) is 0 Å². The normalized spacial score (nSPS) is 20.6. The molecule has 0 spiro atoms. The van der Waals surface area contributed by atoms with E-state index in [1.807, 2.05) is 12.1 Å². The molecule has 5 heteroatoms. The fourth-order valence-corrected chi connectivity index (χ4v) is 2.65. The first-order chi connectivity index (χ1) is 9.65. The van der Waals surface area contributed by atoms with E-state index in [0.29, 0.717) is 6.04 Å². The monoisotopic (exact) mass is 277 g/mol. The molecule has 1 saturated heterocycles. The predicted molar refractivity (Wildman–Crippen MR) is 79.9 cm³/mol. The minimum Gasteiger partial charge on any atom is -0.314 e. The molecule has 0 bridgehead atoms. The van der Waals surface area contributed by atoms with Gasteiger partial charge in [0.05, 0.1) is 4.92 Å². The molecule has 1 aliphatic rings. The van der Waals surface area contributed by atoms with Crippen LogP contribution >= 0.6 is 0 Å². The predicted octanol–water partition coefficient (Wildman–Crippen LogP) is 2.21. The summed E-state index contributed by atoms with van der Waals surface area (Å²) in [4.78, 5) is 12.6. The Bertz CT molecular complexity index is 433. The molecule has 1 atom stereocenters. The van der Waals surface area contributed by atoms with E-state index in [1.54, 1.807) is 12.1 Å². The van der Waals surface area contributed by atoms with Crippen LogP contribution in [0.15, 0.2) is 24.3 Å². The number of nitrogens with zero attached hydrogens (tertiary/aromatic N) is 2. The molecule has 0 amide bonds. The molecule has 20 heavy (non-hydrogen) atoms. The van der Waals surface area contributed by atoms with Gasteiger partial charge < -0.3 is 10.2 Å². The Morgan fingerprint density at radius 1 is 1.30 bits per heavy atom. The van der Waals surface area contributed by atoms with Gasteiger partial charge in [0.15, 0.2) is 0 Å². The van der Waals surface area contributed by atoms with Crippen LogP contribution in [0.4, 0.5) is 5.69 Å². The first-order valence-corrected chi connectivity index (χ1v) is 7.30. The van der Waals surface area contributed by atoms with E-state index >= 15 is 0 Å². The van der Waals surface area contributed by atoms with Crippen LogP contribution in [0.1, 0.15) is 24.8 Å². The fourth-order valence-electron chi connectivity index (χ4n) is 2.65. The number of nitro groups is 1. The maximum absolute atomic E-state index is 10.6. The Kier molecular flexibility index (Phi) is 5.49. The van der Waals surface area contributed by atoms with E-state index in [1.165, 1.54) is 25.8 Å². The summed E-state index contributed by atoms with van der Waals surface area (Å²) >= 11 is 0. The Morgan fingerprint density at radius 2 is 2.05 bits per heavy atom. The lowest BCUT2D eigenvalue weighted by atomic mass is 10.1. The highest BCUT2D eigenvalue weighted by Gasteiger charge is 2.13. The molecule has 0 aliphatic carbocycles. The van der Waals surface area contributed by atoms with Crippen molar-refractivity contribution in [3.05, 3.63) is 39.9 Å². The number of nitro benzene ring substituents is 1. The summed E-state index contributed by atoms with van der Waals surface area (Å²) in [5, 5.41) is 14.2. The van der Waals surface area contributed by atoms with E-state index in [-0.39, 0.29) is 10.6 Å². The second kappa shape index (κ2) is 7.36. The van der Waals surface area contributed by atoms with Crippen molar-refractivity contribution in [2.24, 2.45) is 0 Å². The van der Waals surface area contributed by atoms with Crippen LogP contribution in [-0.4, -0.2) is 42.5 Å². The highest BCUT2D eigenvalue weighted by atomic mass is 16.6. The number of benzene rings is 1. The van der Waals surface area contributed by atoms with Crippen LogP contribution in [0.3, 0.4) is 0 Å². The second-order valence-corrected chi connectivity index (χ2v) is 5.56. The van der Waals surface area contributed by atoms with Crippen molar-refractivity contribution in [2.75, 3.05) is 26.7 Å². The third-order valence-electron chi connectivity index (χ3n) is 3.95. The quantitative estimate of drug-likeness (QED) is 0.662. The average molecular weight is 277 g/mol. The van der Waals surface area contributed by atoms with Gasteiger partial charge >= 0.3 is 0 Å². The number of hydrogen-bond acceptors (Lipinski definition) is 4. The van der Waals surface area contributed by atoms with Crippen LogP contribution in [-0.2, 0) is 6.42 Å². The fraction of sp³-hybridized carbons (Fsp3) is 0.600. The van der Waals surface area contributed by atoms with Crippen molar-refractivity contribution >= 4 is 5.69 Å². The summed E-state index contributed by atoms with van der Waals surface area (Å²) < 4.78 is 0. The Morgan fingerprint density at radius 3 is 2.75 bits per heavy atom. The second-order valence-electron chi connectivity index (χ2n) is 5.56. The van der Waals surface area contributed by atoms with Gasteiger partial charge in [-0.05, 0) is 57.9 Å². The van der Waals surface area contributed by atoms with Gasteiger partial charge in [0.1, 0.15) is 0 Å². The zero-order valence-corrected chi connectivity index (χ0v) is 12.0. The zero-order chi connectivity index (χ0) is 14.4. The Balaban J connectivity index is 1.73. The van der Waals surface area contributed by atoms with Crippen molar-refractivity contribution in [1.29, 1.82) is 0 Å². The molecule has 0 saturated carbocycles. The maximum atomic E-state index is 10.6. The number of non-ortho nitro benzene ring substituents is 1. The lowest BCUT2D eigenvalue weighted by molar-refractivity contribution is -0.384. The van der Waals surface area contributed by atoms with Gasteiger partial charge in [-0.1, -0.05) is 12.1 Å². The van der Waals surface area contributed by atoms with E-state index in [2.05, 4.69) is 17.3 Å². The molecule has 110 valence electrons. The van der Waals surface area contributed by atoms with Crippen molar-refractivity contribution in [2.45, 2.75) is 31.7 Å². The van der Waals surface area contributed by atoms with Gasteiger partial charge in [-0.2, -0.15) is 0 Å². The van der Waals surface area contributed by atoms with Crippen LogP contribution in [0.5, 0.6) is 0 Å². The van der Waals surface area contributed by atoms with Crippen LogP contribution < -0.4 is 5.32 Å². The van der Waals surface area contributed by atoms with Gasteiger partial charge in [-0.25, -0.2) is 0 Å². The lowest BCUT2D eigenvalue weighted by Gasteiger charge is -2.16. The van der Waals surface area contributed by atoms with Gasteiger partial charge in [0, 0.05) is 18.2 Å². The molecule has 0 aromatic heterocycles. The van der Waals surface area contributed by atoms with Gasteiger partial charge in [0.2, 0.25) is 0 Å². The summed E-state index contributed by atoms with van der Waals surface area (Å²) in [5.41, 5.74) is 1.31. The lowest BCUT2D eigenvalue weighted by Crippen LogP contribution is -2.31. The Hall–Kier alpha value is -1.46. The van der Waals surface area contributed by atoms with E-state index < -0.39 is 0 Å². The molecule has 5 nitrogen and oxygen atoms in total. The van der Waals surface area contributed by atoms with E-state index in [0.717, 1.165) is 25.1 Å². The molecule has 1 heterocycles. The third kappa shape index (κ3) is 4.58. The number of hydrogen-bond donors (Lipinski definition) is 1. The van der Waals surface area contributed by atoms with Gasteiger partial charge in [0.25, 0.3) is 5.69 Å². The molecular formula is C15H23N3O2. The maximum Gasteiger partial charge on any atom is 0.269 e. The van der Waals surface area contributed by atoms with Gasteiger partial charge in [-0.3, -0.25) is 10.1 Å². The number of nitrogens with one attached hydrogen (secondary N) is 1. The molecular weight excluding hydrogens is 254 g/mol. The van der Waals surface area contributed by atoms with Gasteiger partial charge in [-0.15, -0.1) is 0 Å². The van der Waals surface area contributed by atoms with Crippen LogP contribution in [0.2, 0.25) is 0 Å². The van der Waals surface area contributed by atoms with Crippen molar-refractivity contribution in [3.8, 4) is 0 Å². The first kappa shape index (κ1) is 14.9. The highest BCUT2D eigenvalue weighted by Crippen LogP contribution is 2.13. The molecule has 1 N–H and O–H groups in total. The van der Waals surface area contributed by atoms with E-state index in [9.17, 15) is 10.1 Å². The van der Waals surface area contributed by atoms with Crippen molar-refractivity contribution in [1.82, 2.24) is 10.2 Å². The number of rotatable bonds is 5. The summed E-state index contributed by atoms with van der Waals surface area (Å²) in [6, 6.07) is 7.46. The standard InChI is InChI=1S/C15H23N3O2/c1-17-11-2-3-14(9-12-17)16-10-8-13-4-6-15(7-5-13)18(19)20/h4-7,14,16H,2-3,8-12H2,1H3. The molecule has 0 radical (unpaired) electrons. The van der Waals surface area contributed by atoms with E-state index in [4.69, 9.17) is 0 Å². The third-order valence-corrected chi connectivity index (χ3v) is 3.95. The summed E-state index contributed by atoms with van der Waals surface area (Å²) in [7, 11) is 2.18. The topological polar surface area (TPSA) is 58.4 Å². The number of likely N-dealkylation sites (tertiary alicyclic amines) is 1. The average Bonchev–Trinajstić information content (AvgIpc) is 2.64. The molecule has 2 rings (SSSR count). The first-order valence-electron chi connectivity index (χ1n) is 7.30. The largest absolute Gasteiger partial charge is 0.314 e. The molecule has 1 aliphatic heterocycles. The highest BCUT2D eigenvalue weighted by molar-refractivity contribution is 5.32. The molecule has 1 aromatic rings. The molecule has 1 unspecified atom stereocenters. The van der Waals surface area contributed by atoms with Crippen LogP contribution in [0, 0.1) is 10.1 Å². The minimum absolute atomic E-state index is 0.161. The Labute approximate surface area is 120 Å². The van der Waals surface area contributed by atoms with Crippen LogP contribution in [0.25, 0.3) is 0 Å². The summed E-state index contributed by atoms with van der Waals surface area (Å²) in [5.74, 6) is 0. The zero-order valence-electron chi connectivity index (χ0n) is 12.0. The molecule has 1 aromatic carbocycles. The smallest absolute Gasteiger partial charge is 0.269 e. The molecule has 1 fully saturated rings. The summed E-state index contributed by atoms with van der Waals surface area (Å²) in [6.45, 7) is 3.29. The summed E-state index contributed by atoms with van der Waals surface area (Å²) in [6.07, 6.45) is 4.62.